The predicted molar refractivity (Wildman–Crippen MR) is 94.3 cm³/mol. The molecule has 124 valence electrons. The van der Waals surface area contributed by atoms with E-state index in [1.165, 1.54) is 24.2 Å². The van der Waals surface area contributed by atoms with E-state index in [-0.39, 0.29) is 0 Å². The molecular weight excluding hydrogens is 284 g/mol. The highest BCUT2D eigenvalue weighted by atomic mass is 15.3. The van der Waals surface area contributed by atoms with Crippen molar-refractivity contribution < 1.29 is 0 Å². The molecule has 1 aromatic heterocycles. The molecule has 0 saturated carbocycles. The van der Waals surface area contributed by atoms with Crippen LogP contribution in [0.3, 0.4) is 0 Å². The molecule has 1 saturated heterocycles. The van der Waals surface area contributed by atoms with Gasteiger partial charge < -0.3 is 4.90 Å². The van der Waals surface area contributed by atoms with Crippen molar-refractivity contribution in [1.82, 2.24) is 19.6 Å². The molecule has 3 rings (SSSR count). The molecule has 0 unspecified atom stereocenters. The van der Waals surface area contributed by atoms with Gasteiger partial charge in [-0.05, 0) is 31.5 Å². The molecule has 2 aromatic rings. The summed E-state index contributed by atoms with van der Waals surface area (Å²) in [6, 6.07) is 13.6. The molecule has 4 nitrogen and oxygen atoms in total. The Morgan fingerprint density at radius 3 is 2.65 bits per heavy atom. The van der Waals surface area contributed by atoms with E-state index in [1.54, 1.807) is 0 Å². The Hall–Kier alpha value is -1.65. The van der Waals surface area contributed by atoms with Crippen LogP contribution >= 0.6 is 0 Å². The average molecular weight is 312 g/mol. The van der Waals surface area contributed by atoms with Gasteiger partial charge in [0, 0.05) is 57.6 Å². The summed E-state index contributed by atoms with van der Waals surface area (Å²) in [5, 5.41) is 4.26. The smallest absolute Gasteiger partial charge is 0.0492 e. The summed E-state index contributed by atoms with van der Waals surface area (Å²) in [7, 11) is 2.03. The maximum Gasteiger partial charge on any atom is 0.0492 e. The quantitative estimate of drug-likeness (QED) is 0.848. The van der Waals surface area contributed by atoms with Crippen LogP contribution in [0.2, 0.25) is 0 Å². The Bertz CT molecular complexity index is 592. The zero-order valence-corrected chi connectivity index (χ0v) is 14.4. The third-order valence-corrected chi connectivity index (χ3v) is 5.03. The third kappa shape index (κ3) is 4.43. The van der Waals surface area contributed by atoms with E-state index in [9.17, 15) is 0 Å². The standard InChI is InChI=1S/C19H28N4/c1-17-9-12-22(13-10-19-8-11-20-21(19)2)14-15-23(17)16-18-6-4-3-5-7-18/h3-8,11,17H,9-10,12-16H2,1-2H3/t17-/m0/s1. The van der Waals surface area contributed by atoms with E-state index < -0.39 is 0 Å². The minimum atomic E-state index is 0.650. The van der Waals surface area contributed by atoms with Crippen LogP contribution in [-0.2, 0) is 20.0 Å². The van der Waals surface area contributed by atoms with Crippen molar-refractivity contribution in [1.29, 1.82) is 0 Å². The van der Waals surface area contributed by atoms with E-state index in [4.69, 9.17) is 0 Å². The van der Waals surface area contributed by atoms with Crippen LogP contribution < -0.4 is 0 Å². The van der Waals surface area contributed by atoms with Crippen molar-refractivity contribution in [3.05, 3.63) is 53.9 Å². The Kier molecular flexibility index (Phi) is 5.47. The molecule has 0 radical (unpaired) electrons. The summed E-state index contributed by atoms with van der Waals surface area (Å²) in [4.78, 5) is 5.23. The van der Waals surface area contributed by atoms with E-state index in [0.29, 0.717) is 6.04 Å². The highest BCUT2D eigenvalue weighted by molar-refractivity contribution is 5.14. The van der Waals surface area contributed by atoms with Crippen molar-refractivity contribution >= 4 is 0 Å². The Labute approximate surface area is 139 Å². The molecule has 1 aliphatic heterocycles. The molecule has 0 bridgehead atoms. The number of rotatable bonds is 5. The first-order chi connectivity index (χ1) is 11.2. The van der Waals surface area contributed by atoms with Gasteiger partial charge in [0.15, 0.2) is 0 Å². The van der Waals surface area contributed by atoms with Crippen LogP contribution in [0.15, 0.2) is 42.6 Å². The Balaban J connectivity index is 1.52. The minimum Gasteiger partial charge on any atom is -0.302 e. The zero-order chi connectivity index (χ0) is 16.1. The summed E-state index contributed by atoms with van der Waals surface area (Å²) in [6.07, 6.45) is 4.23. The van der Waals surface area contributed by atoms with Crippen molar-refractivity contribution in [2.24, 2.45) is 7.05 Å². The van der Waals surface area contributed by atoms with Crippen LogP contribution in [0.25, 0.3) is 0 Å². The van der Waals surface area contributed by atoms with Gasteiger partial charge >= 0.3 is 0 Å². The van der Waals surface area contributed by atoms with Crippen LogP contribution in [-0.4, -0.2) is 51.8 Å². The number of aryl methyl sites for hydroxylation is 1. The monoisotopic (exact) mass is 312 g/mol. The second kappa shape index (κ2) is 7.75. The summed E-state index contributed by atoms with van der Waals surface area (Å²) in [5.41, 5.74) is 2.74. The average Bonchev–Trinajstić information content (AvgIpc) is 2.90. The number of hydrogen-bond acceptors (Lipinski definition) is 3. The van der Waals surface area contributed by atoms with Crippen LogP contribution in [0.4, 0.5) is 0 Å². The second-order valence-corrected chi connectivity index (χ2v) is 6.63. The summed E-state index contributed by atoms with van der Waals surface area (Å²) < 4.78 is 1.99. The van der Waals surface area contributed by atoms with Gasteiger partial charge in [-0.2, -0.15) is 5.10 Å². The molecule has 0 amide bonds. The molecule has 0 N–H and O–H groups in total. The Morgan fingerprint density at radius 1 is 1.09 bits per heavy atom. The first-order valence-corrected chi connectivity index (χ1v) is 8.69. The molecule has 1 fully saturated rings. The Morgan fingerprint density at radius 2 is 1.91 bits per heavy atom. The highest BCUT2D eigenvalue weighted by Crippen LogP contribution is 2.15. The first-order valence-electron chi connectivity index (χ1n) is 8.69. The molecule has 1 atom stereocenters. The fourth-order valence-electron chi connectivity index (χ4n) is 3.35. The van der Waals surface area contributed by atoms with Gasteiger partial charge in [-0.25, -0.2) is 0 Å². The van der Waals surface area contributed by atoms with Crippen LogP contribution in [0.5, 0.6) is 0 Å². The third-order valence-electron chi connectivity index (χ3n) is 5.03. The van der Waals surface area contributed by atoms with Crippen LogP contribution in [0, 0.1) is 0 Å². The second-order valence-electron chi connectivity index (χ2n) is 6.63. The van der Waals surface area contributed by atoms with Crippen molar-refractivity contribution in [2.45, 2.75) is 32.4 Å². The molecule has 1 aliphatic rings. The largest absolute Gasteiger partial charge is 0.302 e. The maximum atomic E-state index is 4.26. The van der Waals surface area contributed by atoms with Gasteiger partial charge in [-0.3, -0.25) is 9.58 Å². The maximum absolute atomic E-state index is 4.26. The topological polar surface area (TPSA) is 24.3 Å². The molecule has 1 aromatic carbocycles. The molecule has 23 heavy (non-hydrogen) atoms. The molecule has 0 aliphatic carbocycles. The van der Waals surface area contributed by atoms with Gasteiger partial charge in [0.05, 0.1) is 0 Å². The van der Waals surface area contributed by atoms with E-state index in [0.717, 1.165) is 32.6 Å². The van der Waals surface area contributed by atoms with Crippen molar-refractivity contribution in [2.75, 3.05) is 26.2 Å². The number of nitrogens with zero attached hydrogens (tertiary/aromatic N) is 4. The highest BCUT2D eigenvalue weighted by Gasteiger charge is 2.20. The number of benzene rings is 1. The first kappa shape index (κ1) is 16.2. The lowest BCUT2D eigenvalue weighted by Gasteiger charge is -2.26. The SMILES string of the molecule is C[C@H]1CCN(CCc2ccnn2C)CCN1Cc1ccccc1. The fourth-order valence-corrected chi connectivity index (χ4v) is 3.35. The summed E-state index contributed by atoms with van der Waals surface area (Å²) >= 11 is 0. The van der Waals surface area contributed by atoms with Gasteiger partial charge in [0.25, 0.3) is 0 Å². The molecule has 2 heterocycles. The lowest BCUT2D eigenvalue weighted by atomic mass is 10.1. The zero-order valence-electron chi connectivity index (χ0n) is 14.4. The van der Waals surface area contributed by atoms with E-state index in [1.807, 2.05) is 17.9 Å². The van der Waals surface area contributed by atoms with Crippen molar-refractivity contribution in [3.63, 3.8) is 0 Å². The minimum absolute atomic E-state index is 0.650. The number of aromatic nitrogens is 2. The van der Waals surface area contributed by atoms with Gasteiger partial charge in [0.1, 0.15) is 0 Å². The normalized spacial score (nSPS) is 20.5. The van der Waals surface area contributed by atoms with Gasteiger partial charge in [-0.15, -0.1) is 0 Å². The fraction of sp³-hybridized carbons (Fsp3) is 0.526. The predicted octanol–water partition coefficient (Wildman–Crippen LogP) is 2.56. The molecule has 4 heteroatoms. The van der Waals surface area contributed by atoms with E-state index in [2.05, 4.69) is 58.2 Å². The lowest BCUT2D eigenvalue weighted by molar-refractivity contribution is 0.206. The lowest BCUT2D eigenvalue weighted by Crippen LogP contribution is -2.34. The molecular formula is C19H28N4. The van der Waals surface area contributed by atoms with E-state index >= 15 is 0 Å². The molecule has 0 spiro atoms. The van der Waals surface area contributed by atoms with Gasteiger partial charge in [-0.1, -0.05) is 30.3 Å². The number of hydrogen-bond donors (Lipinski definition) is 0. The summed E-state index contributed by atoms with van der Waals surface area (Å²) in [5.74, 6) is 0. The summed E-state index contributed by atoms with van der Waals surface area (Å²) in [6.45, 7) is 8.08. The van der Waals surface area contributed by atoms with Gasteiger partial charge in [0.2, 0.25) is 0 Å². The van der Waals surface area contributed by atoms with Crippen LogP contribution in [0.1, 0.15) is 24.6 Å². The van der Waals surface area contributed by atoms with Crippen molar-refractivity contribution in [3.8, 4) is 0 Å².